The van der Waals surface area contributed by atoms with Crippen molar-refractivity contribution in [3.05, 3.63) is 58.9 Å². The van der Waals surface area contributed by atoms with Crippen LogP contribution in [0.2, 0.25) is 5.02 Å². The molecule has 132 valence electrons. The molecule has 0 amide bonds. The first kappa shape index (κ1) is 18.2. The van der Waals surface area contributed by atoms with Gasteiger partial charge in [0.15, 0.2) is 0 Å². The highest BCUT2D eigenvalue weighted by atomic mass is 35.5. The third-order valence-electron chi connectivity index (χ3n) is 4.82. The second-order valence-electron chi connectivity index (χ2n) is 7.15. The molecule has 6 heteroatoms. The molecule has 1 heterocycles. The first-order valence-electron chi connectivity index (χ1n) is 8.21. The molecule has 0 spiro atoms. The Balaban J connectivity index is 1.82. The average molecular weight is 363 g/mol. The molecule has 1 aliphatic rings. The van der Waals surface area contributed by atoms with E-state index < -0.39 is 18.3 Å². The van der Waals surface area contributed by atoms with Gasteiger partial charge in [0, 0.05) is 16.0 Å². The van der Waals surface area contributed by atoms with Gasteiger partial charge in [-0.3, -0.25) is 0 Å². The van der Waals surface area contributed by atoms with Gasteiger partial charge in [-0.1, -0.05) is 29.8 Å². The van der Waals surface area contributed by atoms with Crippen LogP contribution in [-0.2, 0) is 15.9 Å². The summed E-state index contributed by atoms with van der Waals surface area (Å²) in [5.41, 5.74) is 0.520. The highest BCUT2D eigenvalue weighted by Crippen LogP contribution is 2.37. The van der Waals surface area contributed by atoms with E-state index >= 15 is 0 Å². The minimum absolute atomic E-state index is 0.160. The van der Waals surface area contributed by atoms with Gasteiger partial charge < -0.3 is 14.0 Å². The largest absolute Gasteiger partial charge is 0.498 e. The molecule has 0 atom stereocenters. The predicted molar refractivity (Wildman–Crippen MR) is 97.9 cm³/mol. The van der Waals surface area contributed by atoms with Crippen molar-refractivity contribution in [2.75, 3.05) is 0 Å². The Morgan fingerprint density at radius 1 is 1.04 bits per heavy atom. The summed E-state index contributed by atoms with van der Waals surface area (Å²) >= 11 is 6.11. The van der Waals surface area contributed by atoms with Crippen LogP contribution in [0.15, 0.2) is 42.5 Å². The predicted octanol–water partition coefficient (Wildman–Crippen LogP) is 4.36. The summed E-state index contributed by atoms with van der Waals surface area (Å²) in [6.07, 6.45) is 0. The van der Waals surface area contributed by atoms with Gasteiger partial charge in [0.1, 0.15) is 18.2 Å². The van der Waals surface area contributed by atoms with Crippen LogP contribution in [0.5, 0.6) is 5.75 Å². The lowest BCUT2D eigenvalue weighted by Crippen LogP contribution is -2.41. The third kappa shape index (κ3) is 3.69. The van der Waals surface area contributed by atoms with Gasteiger partial charge in [0.25, 0.3) is 0 Å². The zero-order valence-electron chi connectivity index (χ0n) is 14.8. The minimum atomic E-state index is -0.524. The van der Waals surface area contributed by atoms with Crippen molar-refractivity contribution in [3.63, 3.8) is 0 Å². The Morgan fingerprint density at radius 2 is 1.68 bits per heavy atom. The van der Waals surface area contributed by atoms with Crippen molar-refractivity contribution in [1.29, 1.82) is 0 Å². The summed E-state index contributed by atoms with van der Waals surface area (Å²) in [4.78, 5) is 0. The standard InChI is InChI=1S/C19H21BClFO3/c1-18(2)19(3,4)25-20(24-18)15-7-5-6-8-17(15)23-12-13-11-14(22)9-10-16(13)21/h5-11H,12H2,1-4H3. The Bertz CT molecular complexity index is 763. The van der Waals surface area contributed by atoms with E-state index in [2.05, 4.69) is 0 Å². The molecule has 1 saturated heterocycles. The molecule has 0 saturated carbocycles. The van der Waals surface area contributed by atoms with Gasteiger partial charge in [0.2, 0.25) is 0 Å². The van der Waals surface area contributed by atoms with Crippen molar-refractivity contribution in [2.45, 2.75) is 45.5 Å². The molecule has 3 nitrogen and oxygen atoms in total. The zero-order chi connectivity index (χ0) is 18.2. The maximum atomic E-state index is 13.4. The fourth-order valence-corrected chi connectivity index (χ4v) is 2.76. The molecule has 0 N–H and O–H groups in total. The fraction of sp³-hybridized carbons (Fsp3) is 0.368. The lowest BCUT2D eigenvalue weighted by atomic mass is 9.78. The highest BCUT2D eigenvalue weighted by Gasteiger charge is 2.52. The van der Waals surface area contributed by atoms with Crippen LogP contribution in [0.4, 0.5) is 4.39 Å². The zero-order valence-corrected chi connectivity index (χ0v) is 15.6. The van der Waals surface area contributed by atoms with Gasteiger partial charge in [-0.25, -0.2) is 4.39 Å². The van der Waals surface area contributed by atoms with E-state index in [9.17, 15) is 4.39 Å². The molecule has 0 aliphatic carbocycles. The van der Waals surface area contributed by atoms with Crippen LogP contribution in [0, 0.1) is 5.82 Å². The van der Waals surface area contributed by atoms with Crippen molar-refractivity contribution in [1.82, 2.24) is 0 Å². The molecule has 1 aliphatic heterocycles. The van der Waals surface area contributed by atoms with Crippen molar-refractivity contribution in [3.8, 4) is 5.75 Å². The van der Waals surface area contributed by atoms with E-state index in [-0.39, 0.29) is 12.4 Å². The highest BCUT2D eigenvalue weighted by molar-refractivity contribution is 6.63. The quantitative estimate of drug-likeness (QED) is 0.757. The number of ether oxygens (including phenoxy) is 1. The SMILES string of the molecule is CC1(C)OB(c2ccccc2OCc2cc(F)ccc2Cl)OC1(C)C. The van der Waals surface area contributed by atoms with Crippen LogP contribution in [0.1, 0.15) is 33.3 Å². The van der Waals surface area contributed by atoms with Crippen molar-refractivity contribution < 1.29 is 18.4 Å². The Morgan fingerprint density at radius 3 is 2.36 bits per heavy atom. The van der Waals surface area contributed by atoms with E-state index in [1.807, 2.05) is 52.0 Å². The lowest BCUT2D eigenvalue weighted by Gasteiger charge is -2.32. The smallest absolute Gasteiger partial charge is 0.489 e. The minimum Gasteiger partial charge on any atom is -0.489 e. The van der Waals surface area contributed by atoms with E-state index in [1.165, 1.54) is 18.2 Å². The monoisotopic (exact) mass is 362 g/mol. The summed E-state index contributed by atoms with van der Waals surface area (Å²) in [6, 6.07) is 11.7. The fourth-order valence-electron chi connectivity index (χ4n) is 2.59. The maximum Gasteiger partial charge on any atom is 0.498 e. The van der Waals surface area contributed by atoms with E-state index in [4.69, 9.17) is 25.6 Å². The number of hydrogen-bond acceptors (Lipinski definition) is 3. The van der Waals surface area contributed by atoms with E-state index in [1.54, 1.807) is 0 Å². The molecular weight excluding hydrogens is 341 g/mol. The van der Waals surface area contributed by atoms with Gasteiger partial charge in [-0.2, -0.15) is 0 Å². The van der Waals surface area contributed by atoms with E-state index in [0.29, 0.717) is 16.3 Å². The molecule has 2 aromatic carbocycles. The maximum absolute atomic E-state index is 13.4. The van der Waals surface area contributed by atoms with Crippen LogP contribution in [0.3, 0.4) is 0 Å². The van der Waals surface area contributed by atoms with Gasteiger partial charge in [-0.15, -0.1) is 0 Å². The van der Waals surface area contributed by atoms with Crippen LogP contribution >= 0.6 is 11.6 Å². The van der Waals surface area contributed by atoms with Crippen LogP contribution in [-0.4, -0.2) is 18.3 Å². The number of benzene rings is 2. The molecule has 25 heavy (non-hydrogen) atoms. The summed E-state index contributed by atoms with van der Waals surface area (Å²) in [5.74, 6) is 0.281. The number of rotatable bonds is 4. The number of para-hydroxylation sites is 1. The topological polar surface area (TPSA) is 27.7 Å². The molecule has 3 rings (SSSR count). The Labute approximate surface area is 153 Å². The van der Waals surface area contributed by atoms with Crippen molar-refractivity contribution in [2.24, 2.45) is 0 Å². The Hall–Kier alpha value is -1.56. The molecule has 1 fully saturated rings. The van der Waals surface area contributed by atoms with Gasteiger partial charge in [-0.05, 0) is 52.0 Å². The second-order valence-corrected chi connectivity index (χ2v) is 7.56. The van der Waals surface area contributed by atoms with Crippen molar-refractivity contribution >= 4 is 24.2 Å². The normalized spacial score (nSPS) is 18.4. The summed E-state index contributed by atoms with van der Waals surface area (Å²) in [6.45, 7) is 8.17. The third-order valence-corrected chi connectivity index (χ3v) is 5.19. The van der Waals surface area contributed by atoms with Crippen LogP contribution in [0.25, 0.3) is 0 Å². The Kier molecular flexibility index (Phi) is 4.84. The average Bonchev–Trinajstić information content (AvgIpc) is 2.76. The molecule has 2 aromatic rings. The molecule has 0 aromatic heterocycles. The lowest BCUT2D eigenvalue weighted by molar-refractivity contribution is 0.00578. The summed E-state index contributed by atoms with van der Waals surface area (Å²) in [5, 5.41) is 0.467. The summed E-state index contributed by atoms with van der Waals surface area (Å²) in [7, 11) is -0.524. The molecular formula is C19H21BClFO3. The first-order chi connectivity index (χ1) is 11.7. The number of hydrogen-bond donors (Lipinski definition) is 0. The number of halogens is 2. The molecule has 0 unspecified atom stereocenters. The first-order valence-corrected chi connectivity index (χ1v) is 8.59. The van der Waals surface area contributed by atoms with E-state index in [0.717, 1.165) is 5.46 Å². The van der Waals surface area contributed by atoms with Gasteiger partial charge >= 0.3 is 7.12 Å². The molecule has 0 bridgehead atoms. The molecule has 0 radical (unpaired) electrons. The van der Waals surface area contributed by atoms with Crippen LogP contribution < -0.4 is 10.2 Å². The second kappa shape index (κ2) is 6.63. The summed E-state index contributed by atoms with van der Waals surface area (Å²) < 4.78 is 31.5. The van der Waals surface area contributed by atoms with Gasteiger partial charge in [0.05, 0.1) is 11.2 Å².